The third-order valence-electron chi connectivity index (χ3n) is 3.62. The minimum atomic E-state index is 0.496. The van der Waals surface area contributed by atoms with Crippen molar-refractivity contribution in [2.24, 2.45) is 13.0 Å². The van der Waals surface area contributed by atoms with Gasteiger partial charge < -0.3 is 0 Å². The zero-order chi connectivity index (χ0) is 13.4. The Bertz CT molecular complexity index is 590. The molecule has 19 heavy (non-hydrogen) atoms. The van der Waals surface area contributed by atoms with E-state index in [1.54, 1.807) is 10.9 Å². The zero-order valence-electron chi connectivity index (χ0n) is 11.3. The van der Waals surface area contributed by atoms with Crippen LogP contribution in [0.4, 0.5) is 0 Å². The lowest BCUT2D eigenvalue weighted by atomic mass is 10.3. The highest BCUT2D eigenvalue weighted by Gasteiger charge is 2.24. The molecular weight excluding hydrogens is 262 g/mol. The van der Waals surface area contributed by atoms with Gasteiger partial charge >= 0.3 is 0 Å². The van der Waals surface area contributed by atoms with Gasteiger partial charge in [0, 0.05) is 13.6 Å². The molecule has 1 aliphatic carbocycles. The average molecular weight is 280 g/mol. The van der Waals surface area contributed by atoms with Gasteiger partial charge in [0.2, 0.25) is 0 Å². The molecule has 2 aromatic rings. The van der Waals surface area contributed by atoms with Gasteiger partial charge in [-0.25, -0.2) is 9.97 Å². The first-order valence-electron chi connectivity index (χ1n) is 6.74. The number of halogens is 1. The summed E-state index contributed by atoms with van der Waals surface area (Å²) >= 11 is 6.20. The lowest BCUT2D eigenvalue weighted by molar-refractivity contribution is 0.262. The summed E-state index contributed by atoms with van der Waals surface area (Å²) in [6.07, 6.45) is 4.43. The molecule has 2 aromatic heterocycles. The normalized spacial score (nSPS) is 15.6. The Kier molecular flexibility index (Phi) is 3.41. The summed E-state index contributed by atoms with van der Waals surface area (Å²) in [6.45, 7) is 5.09. The summed E-state index contributed by atoms with van der Waals surface area (Å²) in [4.78, 5) is 11.3. The largest absolute Gasteiger partial charge is 0.296 e. The molecule has 1 fully saturated rings. The average Bonchev–Trinajstić information content (AvgIpc) is 3.12. The van der Waals surface area contributed by atoms with Crippen LogP contribution in [-0.4, -0.2) is 37.7 Å². The molecule has 5 nitrogen and oxygen atoms in total. The smallest absolute Gasteiger partial charge is 0.162 e. The van der Waals surface area contributed by atoms with Gasteiger partial charge in [-0.05, 0) is 25.3 Å². The minimum absolute atomic E-state index is 0.496. The lowest BCUT2D eigenvalue weighted by Gasteiger charge is -2.19. The minimum Gasteiger partial charge on any atom is -0.296 e. The van der Waals surface area contributed by atoms with Crippen LogP contribution in [0, 0.1) is 5.92 Å². The first-order chi connectivity index (χ1) is 9.17. The Balaban J connectivity index is 1.84. The van der Waals surface area contributed by atoms with E-state index < -0.39 is 0 Å². The SMILES string of the molecule is CCN(Cc1nc(Cl)c2cnn(C)c2n1)CC1CC1. The van der Waals surface area contributed by atoms with Gasteiger partial charge in [0.25, 0.3) is 0 Å². The number of rotatable bonds is 5. The second-order valence-corrected chi connectivity index (χ2v) is 5.57. The number of aromatic nitrogens is 4. The van der Waals surface area contributed by atoms with Crippen molar-refractivity contribution in [3.8, 4) is 0 Å². The lowest BCUT2D eigenvalue weighted by Crippen LogP contribution is -2.26. The summed E-state index contributed by atoms with van der Waals surface area (Å²) in [6, 6.07) is 0. The molecule has 0 spiro atoms. The predicted octanol–water partition coefficient (Wildman–Crippen LogP) is 2.25. The summed E-state index contributed by atoms with van der Waals surface area (Å²) < 4.78 is 1.74. The molecule has 0 aliphatic heterocycles. The highest BCUT2D eigenvalue weighted by molar-refractivity contribution is 6.33. The fourth-order valence-electron chi connectivity index (χ4n) is 2.27. The second kappa shape index (κ2) is 5.06. The molecule has 0 radical (unpaired) electrons. The van der Waals surface area contributed by atoms with Crippen LogP contribution in [-0.2, 0) is 13.6 Å². The Morgan fingerprint density at radius 3 is 2.89 bits per heavy atom. The monoisotopic (exact) mass is 279 g/mol. The maximum Gasteiger partial charge on any atom is 0.162 e. The van der Waals surface area contributed by atoms with Crippen molar-refractivity contribution < 1.29 is 0 Å². The molecule has 0 saturated heterocycles. The zero-order valence-corrected chi connectivity index (χ0v) is 12.1. The molecule has 2 heterocycles. The maximum atomic E-state index is 6.20. The van der Waals surface area contributed by atoms with Crippen molar-refractivity contribution >= 4 is 22.6 Å². The van der Waals surface area contributed by atoms with Gasteiger partial charge in [0.1, 0.15) is 11.0 Å². The quantitative estimate of drug-likeness (QED) is 0.788. The van der Waals surface area contributed by atoms with Crippen LogP contribution < -0.4 is 0 Å². The highest BCUT2D eigenvalue weighted by atomic mass is 35.5. The Hall–Kier alpha value is -1.20. The van der Waals surface area contributed by atoms with Gasteiger partial charge in [-0.1, -0.05) is 18.5 Å². The van der Waals surface area contributed by atoms with Crippen LogP contribution in [0.1, 0.15) is 25.6 Å². The maximum absolute atomic E-state index is 6.20. The molecule has 0 N–H and O–H groups in total. The van der Waals surface area contributed by atoms with E-state index in [1.165, 1.54) is 12.8 Å². The third kappa shape index (κ3) is 2.72. The predicted molar refractivity (Wildman–Crippen MR) is 75.0 cm³/mol. The number of hydrogen-bond acceptors (Lipinski definition) is 4. The number of fused-ring (bicyclic) bond motifs is 1. The molecule has 102 valence electrons. The van der Waals surface area contributed by atoms with Gasteiger partial charge in [-0.3, -0.25) is 9.58 Å². The first kappa shape index (κ1) is 12.8. The van der Waals surface area contributed by atoms with E-state index in [9.17, 15) is 0 Å². The molecule has 0 unspecified atom stereocenters. The van der Waals surface area contributed by atoms with Crippen LogP contribution in [0.5, 0.6) is 0 Å². The van der Waals surface area contributed by atoms with Crippen molar-refractivity contribution in [2.45, 2.75) is 26.3 Å². The summed E-state index contributed by atoms with van der Waals surface area (Å²) in [5.74, 6) is 1.65. The van der Waals surface area contributed by atoms with Gasteiger partial charge in [-0.15, -0.1) is 0 Å². The van der Waals surface area contributed by atoms with Crippen LogP contribution >= 0.6 is 11.6 Å². The van der Waals surface area contributed by atoms with Crippen molar-refractivity contribution in [1.29, 1.82) is 0 Å². The fourth-order valence-corrected chi connectivity index (χ4v) is 2.50. The highest BCUT2D eigenvalue weighted by Crippen LogP contribution is 2.30. The summed E-state index contributed by atoms with van der Waals surface area (Å²) in [5.41, 5.74) is 0.803. The van der Waals surface area contributed by atoms with E-state index >= 15 is 0 Å². The van der Waals surface area contributed by atoms with Crippen molar-refractivity contribution in [3.05, 3.63) is 17.2 Å². The van der Waals surface area contributed by atoms with Crippen molar-refractivity contribution in [1.82, 2.24) is 24.6 Å². The molecule has 1 saturated carbocycles. The number of nitrogens with zero attached hydrogens (tertiary/aromatic N) is 5. The van der Waals surface area contributed by atoms with Crippen LogP contribution in [0.15, 0.2) is 6.20 Å². The molecular formula is C13H18ClN5. The van der Waals surface area contributed by atoms with E-state index in [2.05, 4.69) is 26.9 Å². The fraction of sp³-hybridized carbons (Fsp3) is 0.615. The van der Waals surface area contributed by atoms with E-state index in [0.29, 0.717) is 5.15 Å². The van der Waals surface area contributed by atoms with E-state index in [4.69, 9.17) is 11.6 Å². The molecule has 0 atom stereocenters. The van der Waals surface area contributed by atoms with Crippen molar-refractivity contribution in [3.63, 3.8) is 0 Å². The van der Waals surface area contributed by atoms with E-state index in [-0.39, 0.29) is 0 Å². The molecule has 6 heteroatoms. The summed E-state index contributed by atoms with van der Waals surface area (Å²) in [7, 11) is 1.87. The number of hydrogen-bond donors (Lipinski definition) is 0. The first-order valence-corrected chi connectivity index (χ1v) is 7.11. The standard InChI is InChI=1S/C13H18ClN5/c1-3-19(7-9-4-5-9)8-11-16-12(14)10-6-15-18(2)13(10)17-11/h6,9H,3-5,7-8H2,1-2H3. The van der Waals surface area contributed by atoms with Gasteiger partial charge in [-0.2, -0.15) is 5.10 Å². The molecule has 0 amide bonds. The van der Waals surface area contributed by atoms with Gasteiger partial charge in [0.05, 0.1) is 18.1 Å². The second-order valence-electron chi connectivity index (χ2n) is 5.21. The summed E-state index contributed by atoms with van der Waals surface area (Å²) in [5, 5.41) is 5.49. The van der Waals surface area contributed by atoms with E-state index in [1.807, 2.05) is 7.05 Å². The molecule has 3 rings (SSSR count). The van der Waals surface area contributed by atoms with Crippen LogP contribution in [0.2, 0.25) is 5.15 Å². The third-order valence-corrected chi connectivity index (χ3v) is 3.91. The molecule has 0 aromatic carbocycles. The Morgan fingerprint density at radius 2 is 2.21 bits per heavy atom. The van der Waals surface area contributed by atoms with Crippen molar-refractivity contribution in [2.75, 3.05) is 13.1 Å². The number of aryl methyl sites for hydroxylation is 1. The van der Waals surface area contributed by atoms with Crippen LogP contribution in [0.3, 0.4) is 0 Å². The molecule has 1 aliphatic rings. The Morgan fingerprint density at radius 1 is 1.42 bits per heavy atom. The van der Waals surface area contributed by atoms with Gasteiger partial charge in [0.15, 0.2) is 5.65 Å². The van der Waals surface area contributed by atoms with Crippen LogP contribution in [0.25, 0.3) is 11.0 Å². The van der Waals surface area contributed by atoms with E-state index in [0.717, 1.165) is 42.4 Å². The Labute approximate surface area is 117 Å². The topological polar surface area (TPSA) is 46.8 Å². The molecule has 0 bridgehead atoms.